The van der Waals surface area contributed by atoms with Crippen LogP contribution in [0.2, 0.25) is 5.02 Å². The fraction of sp³-hybridized carbons (Fsp3) is 0. The summed E-state index contributed by atoms with van der Waals surface area (Å²) in [7, 11) is 0. The third-order valence-corrected chi connectivity index (χ3v) is 1.05. The topological polar surface area (TPSA) is 38.9 Å². The molecule has 0 bridgehead atoms. The van der Waals surface area contributed by atoms with Crippen molar-refractivity contribution in [3.8, 4) is 0 Å². The molecule has 0 saturated carbocycles. The molecule has 3 heteroatoms. The highest BCUT2D eigenvalue weighted by atomic mass is 35.5. The Labute approximate surface area is 52.3 Å². The van der Waals surface area contributed by atoms with Gasteiger partial charge in [-0.15, -0.1) is 0 Å². The van der Waals surface area contributed by atoms with Gasteiger partial charge in [0.05, 0.1) is 11.2 Å². The average molecular weight is 128 g/mol. The van der Waals surface area contributed by atoms with Crippen molar-refractivity contribution in [1.29, 1.82) is 0 Å². The van der Waals surface area contributed by atoms with Crippen LogP contribution in [0.25, 0.3) is 0 Å². The lowest BCUT2D eigenvalue weighted by Gasteiger charge is -1.89. The Morgan fingerprint density at radius 2 is 2.50 bits per heavy atom. The van der Waals surface area contributed by atoms with E-state index in [1.54, 1.807) is 12.1 Å². The van der Waals surface area contributed by atoms with Gasteiger partial charge in [-0.05, 0) is 12.1 Å². The number of hydrogen-bond acceptors (Lipinski definition) is 2. The number of halogens is 1. The van der Waals surface area contributed by atoms with Crippen LogP contribution in [0.4, 0.5) is 5.82 Å². The second-order valence-corrected chi connectivity index (χ2v) is 1.71. The molecule has 0 amide bonds. The van der Waals surface area contributed by atoms with Gasteiger partial charge in [0.25, 0.3) is 0 Å². The number of hydrogen-bond donors (Lipinski definition) is 1. The number of anilines is 1. The first kappa shape index (κ1) is 5.38. The summed E-state index contributed by atoms with van der Waals surface area (Å²) in [5.74, 6) is 0.328. The summed E-state index contributed by atoms with van der Waals surface area (Å²) in [6.07, 6.45) is 2.54. The molecule has 0 saturated heterocycles. The number of nitrogens with zero attached hydrogens (tertiary/aromatic N) is 1. The van der Waals surface area contributed by atoms with Crippen LogP contribution in [-0.4, -0.2) is 4.98 Å². The molecule has 0 aliphatic heterocycles. The minimum absolute atomic E-state index is 0.328. The van der Waals surface area contributed by atoms with Gasteiger partial charge in [-0.1, -0.05) is 11.6 Å². The summed E-state index contributed by atoms with van der Waals surface area (Å²) in [5, 5.41) is 0.476. The van der Waals surface area contributed by atoms with Gasteiger partial charge >= 0.3 is 0 Å². The predicted molar refractivity (Wildman–Crippen MR) is 32.5 cm³/mol. The smallest absolute Gasteiger partial charge is 0.142 e. The lowest BCUT2D eigenvalue weighted by Crippen LogP contribution is -1.88. The first-order valence-corrected chi connectivity index (χ1v) is 2.46. The molecule has 1 rings (SSSR count). The van der Waals surface area contributed by atoms with Crippen molar-refractivity contribution in [3.05, 3.63) is 23.4 Å². The first-order chi connectivity index (χ1) is 3.80. The molecule has 0 aliphatic rings. The van der Waals surface area contributed by atoms with Crippen molar-refractivity contribution in [3.63, 3.8) is 0 Å². The Hall–Kier alpha value is -0.760. The summed E-state index contributed by atoms with van der Waals surface area (Å²) < 4.78 is 0. The van der Waals surface area contributed by atoms with Crippen molar-refractivity contribution in [1.82, 2.24) is 4.98 Å². The van der Waals surface area contributed by atoms with Gasteiger partial charge < -0.3 is 5.73 Å². The minimum atomic E-state index is 0.328. The average Bonchev–Trinajstić information content (AvgIpc) is 1.77. The Bertz CT molecular complexity index is 167. The van der Waals surface area contributed by atoms with Crippen LogP contribution >= 0.6 is 11.6 Å². The Morgan fingerprint density at radius 1 is 1.75 bits per heavy atom. The monoisotopic (exact) mass is 127 g/mol. The first-order valence-electron chi connectivity index (χ1n) is 2.09. The Balaban J connectivity index is 3.13. The third kappa shape index (κ3) is 0.898. The zero-order chi connectivity index (χ0) is 5.98. The lowest BCUT2D eigenvalue weighted by atomic mass is 10.5. The molecule has 2 nitrogen and oxygen atoms in total. The van der Waals surface area contributed by atoms with E-state index in [1.165, 1.54) is 0 Å². The molecule has 0 atom stereocenters. The summed E-state index contributed by atoms with van der Waals surface area (Å²) in [6.45, 7) is 0. The highest BCUT2D eigenvalue weighted by molar-refractivity contribution is 6.32. The second-order valence-electron chi connectivity index (χ2n) is 1.31. The molecule has 0 fully saturated rings. The molecule has 0 aromatic carbocycles. The highest BCUT2D eigenvalue weighted by Gasteiger charge is 1.89. The summed E-state index contributed by atoms with van der Waals surface area (Å²) >= 11 is 5.50. The maximum atomic E-state index is 5.50. The van der Waals surface area contributed by atoms with Crippen LogP contribution in [0, 0.1) is 6.20 Å². The molecule has 0 aliphatic carbocycles. The molecule has 0 spiro atoms. The van der Waals surface area contributed by atoms with Crippen LogP contribution < -0.4 is 5.73 Å². The quantitative estimate of drug-likeness (QED) is 0.567. The summed E-state index contributed by atoms with van der Waals surface area (Å²) in [6, 6.07) is 3.25. The molecule has 1 aromatic rings. The van der Waals surface area contributed by atoms with Gasteiger partial charge in [-0.3, -0.25) is 0 Å². The highest BCUT2D eigenvalue weighted by Crippen LogP contribution is 2.11. The van der Waals surface area contributed by atoms with Crippen LogP contribution in [0.3, 0.4) is 0 Å². The zero-order valence-corrected chi connectivity index (χ0v) is 4.81. The Morgan fingerprint density at radius 3 is 2.88 bits per heavy atom. The minimum Gasteiger partial charge on any atom is -0.382 e. The molecule has 2 N–H and O–H groups in total. The third-order valence-electron chi connectivity index (χ3n) is 0.734. The van der Waals surface area contributed by atoms with Gasteiger partial charge in [0.1, 0.15) is 5.82 Å². The van der Waals surface area contributed by atoms with Crippen LogP contribution in [0.1, 0.15) is 0 Å². The number of aromatic nitrogens is 1. The Kier molecular flexibility index (Phi) is 1.35. The fourth-order valence-electron chi connectivity index (χ4n) is 0.356. The van der Waals surface area contributed by atoms with E-state index in [9.17, 15) is 0 Å². The van der Waals surface area contributed by atoms with Gasteiger partial charge in [0.2, 0.25) is 0 Å². The van der Waals surface area contributed by atoms with Crippen molar-refractivity contribution < 1.29 is 0 Å². The van der Waals surface area contributed by atoms with Crippen molar-refractivity contribution in [2.45, 2.75) is 0 Å². The van der Waals surface area contributed by atoms with Gasteiger partial charge in [0.15, 0.2) is 0 Å². The number of nitrogens with two attached hydrogens (primary N) is 1. The van der Waals surface area contributed by atoms with E-state index in [0.29, 0.717) is 10.8 Å². The summed E-state index contributed by atoms with van der Waals surface area (Å²) in [4.78, 5) is 3.60. The van der Waals surface area contributed by atoms with E-state index < -0.39 is 0 Å². The van der Waals surface area contributed by atoms with Gasteiger partial charge in [-0.2, -0.15) is 0 Å². The molecule has 41 valence electrons. The maximum absolute atomic E-state index is 5.50. The van der Waals surface area contributed by atoms with E-state index in [-0.39, 0.29) is 0 Å². The van der Waals surface area contributed by atoms with E-state index in [0.717, 1.165) is 0 Å². The molecule has 0 unspecified atom stereocenters. The number of pyridine rings is 1. The number of nitrogen functional groups attached to an aromatic ring is 1. The molecule has 8 heavy (non-hydrogen) atoms. The largest absolute Gasteiger partial charge is 0.382 e. The SMILES string of the molecule is Nc1n[c]ccc1Cl. The fourth-order valence-corrected chi connectivity index (χ4v) is 0.461. The van der Waals surface area contributed by atoms with E-state index in [4.69, 9.17) is 17.3 Å². The second kappa shape index (κ2) is 2.01. The van der Waals surface area contributed by atoms with Gasteiger partial charge in [0, 0.05) is 0 Å². The molecule has 1 radical (unpaired) electrons. The van der Waals surface area contributed by atoms with Crippen LogP contribution in [0.5, 0.6) is 0 Å². The van der Waals surface area contributed by atoms with E-state index in [2.05, 4.69) is 11.2 Å². The lowest BCUT2D eigenvalue weighted by molar-refractivity contribution is 1.32. The molecular formula is C5H4ClN2. The van der Waals surface area contributed by atoms with Crippen molar-refractivity contribution in [2.75, 3.05) is 5.73 Å². The maximum Gasteiger partial charge on any atom is 0.142 e. The standard InChI is InChI=1S/C5H4ClN2/c6-4-2-1-3-8-5(4)7/h1-2H,(H2,7,8). The molecular weight excluding hydrogens is 124 g/mol. The van der Waals surface area contributed by atoms with Crippen LogP contribution in [0.15, 0.2) is 12.1 Å². The van der Waals surface area contributed by atoms with E-state index in [1.807, 2.05) is 0 Å². The zero-order valence-electron chi connectivity index (χ0n) is 4.06. The molecule has 1 aromatic heterocycles. The predicted octanol–water partition coefficient (Wildman–Crippen LogP) is 1.12. The van der Waals surface area contributed by atoms with Crippen molar-refractivity contribution >= 4 is 17.4 Å². The van der Waals surface area contributed by atoms with E-state index >= 15 is 0 Å². The van der Waals surface area contributed by atoms with Crippen molar-refractivity contribution in [2.24, 2.45) is 0 Å². The van der Waals surface area contributed by atoms with Gasteiger partial charge in [-0.25, -0.2) is 4.98 Å². The molecule has 1 heterocycles. The number of rotatable bonds is 0. The summed E-state index contributed by atoms with van der Waals surface area (Å²) in [5.41, 5.74) is 5.25. The van der Waals surface area contributed by atoms with Crippen LogP contribution in [-0.2, 0) is 0 Å². The normalized spacial score (nSPS) is 9.12.